The third-order valence-electron chi connectivity index (χ3n) is 4.49. The van der Waals surface area contributed by atoms with Crippen LogP contribution in [0.3, 0.4) is 0 Å². The summed E-state index contributed by atoms with van der Waals surface area (Å²) in [7, 11) is 0. The summed E-state index contributed by atoms with van der Waals surface area (Å²) in [5, 5.41) is 11.5. The Morgan fingerprint density at radius 1 is 1.21 bits per heavy atom. The highest BCUT2D eigenvalue weighted by Crippen LogP contribution is 2.36. The van der Waals surface area contributed by atoms with Gasteiger partial charge in [-0.25, -0.2) is 0 Å². The zero-order valence-corrected chi connectivity index (χ0v) is 16.1. The molecule has 1 aromatic heterocycles. The second-order valence-electron chi connectivity index (χ2n) is 6.37. The molecule has 2 N–H and O–H groups in total. The molecule has 9 heteroatoms. The largest absolute Gasteiger partial charge is 0.493 e. The molecular formula is C20H12ClF3N2O2S. The summed E-state index contributed by atoms with van der Waals surface area (Å²) in [6, 6.07) is 8.78. The van der Waals surface area contributed by atoms with Crippen molar-refractivity contribution in [3.05, 3.63) is 89.4 Å². The van der Waals surface area contributed by atoms with Gasteiger partial charge in [0, 0.05) is 23.2 Å². The first-order valence-corrected chi connectivity index (χ1v) is 9.57. The molecule has 4 nitrogen and oxygen atoms in total. The molecule has 0 bridgehead atoms. The maximum absolute atomic E-state index is 13.6. The Morgan fingerprint density at radius 2 is 2.00 bits per heavy atom. The number of nitrogens with zero attached hydrogens (tertiary/aromatic N) is 1. The molecular weight excluding hydrogens is 425 g/mol. The monoisotopic (exact) mass is 436 g/mol. The lowest BCUT2D eigenvalue weighted by atomic mass is 9.96. The van der Waals surface area contributed by atoms with E-state index in [0.29, 0.717) is 10.8 Å². The van der Waals surface area contributed by atoms with Crippen LogP contribution in [0, 0.1) is 0 Å². The van der Waals surface area contributed by atoms with Gasteiger partial charge in [0.05, 0.1) is 15.8 Å². The molecule has 0 fully saturated rings. The molecule has 2 aromatic carbocycles. The Hall–Kier alpha value is -2.84. The molecule has 29 heavy (non-hydrogen) atoms. The van der Waals surface area contributed by atoms with Gasteiger partial charge in [-0.15, -0.1) is 0 Å². The molecule has 4 rings (SSSR count). The molecule has 1 aliphatic rings. The fraction of sp³-hybridized carbons (Fsp3) is 0.100. The van der Waals surface area contributed by atoms with Gasteiger partial charge in [0.15, 0.2) is 0 Å². The van der Waals surface area contributed by atoms with Crippen molar-refractivity contribution in [1.82, 2.24) is 4.98 Å². The number of rotatable bonds is 3. The lowest BCUT2D eigenvalue weighted by molar-refractivity contribution is -0.138. The fourth-order valence-electron chi connectivity index (χ4n) is 3.19. The Labute approximate surface area is 170 Å². The normalized spacial score (nSPS) is 13.9. The van der Waals surface area contributed by atoms with Gasteiger partial charge in [-0.1, -0.05) is 35.1 Å². The summed E-state index contributed by atoms with van der Waals surface area (Å²) < 4.78 is 40.7. The molecule has 0 spiro atoms. The van der Waals surface area contributed by atoms with Crippen LogP contribution < -0.4 is 15.4 Å². The molecule has 3 aromatic rings. The number of hydrogen-bond donors (Lipinski definition) is 2. The second kappa shape index (κ2) is 7.20. The summed E-state index contributed by atoms with van der Waals surface area (Å²) in [5.41, 5.74) is 0.315. The van der Waals surface area contributed by atoms with Crippen molar-refractivity contribution in [2.45, 2.75) is 12.6 Å². The van der Waals surface area contributed by atoms with E-state index in [-0.39, 0.29) is 27.8 Å². The van der Waals surface area contributed by atoms with Crippen molar-refractivity contribution in [2.75, 3.05) is 0 Å². The van der Waals surface area contributed by atoms with Crippen molar-refractivity contribution in [3.8, 4) is 5.88 Å². The van der Waals surface area contributed by atoms with E-state index in [4.69, 9.17) is 11.6 Å². The molecule has 0 amide bonds. The number of aromatic amines is 1. The van der Waals surface area contributed by atoms with Crippen LogP contribution in [0.25, 0.3) is 11.6 Å². The molecule has 0 radical (unpaired) electrons. The summed E-state index contributed by atoms with van der Waals surface area (Å²) in [6.07, 6.45) is -1.36. The Bertz CT molecular complexity index is 1320. The number of thiazole rings is 1. The van der Waals surface area contributed by atoms with Crippen molar-refractivity contribution in [1.29, 1.82) is 0 Å². The average molecular weight is 437 g/mol. The maximum atomic E-state index is 13.6. The van der Waals surface area contributed by atoms with E-state index in [0.717, 1.165) is 28.3 Å². The molecule has 2 heterocycles. The van der Waals surface area contributed by atoms with Crippen molar-refractivity contribution in [2.24, 2.45) is 4.99 Å². The van der Waals surface area contributed by atoms with Crippen LogP contribution in [0.2, 0.25) is 5.02 Å². The Kier molecular flexibility index (Phi) is 4.84. The predicted octanol–water partition coefficient (Wildman–Crippen LogP) is 3.86. The van der Waals surface area contributed by atoms with E-state index in [1.807, 2.05) is 0 Å². The van der Waals surface area contributed by atoms with Gasteiger partial charge in [0.25, 0.3) is 0 Å². The Balaban J connectivity index is 1.96. The lowest BCUT2D eigenvalue weighted by Gasteiger charge is -2.15. The molecule has 1 aliphatic heterocycles. The van der Waals surface area contributed by atoms with Gasteiger partial charge in [-0.2, -0.15) is 13.2 Å². The van der Waals surface area contributed by atoms with Gasteiger partial charge >= 0.3 is 11.0 Å². The number of halogens is 4. The highest BCUT2D eigenvalue weighted by atomic mass is 35.5. The minimum atomic E-state index is -4.60. The van der Waals surface area contributed by atoms with Gasteiger partial charge in [0.2, 0.25) is 5.88 Å². The van der Waals surface area contributed by atoms with Crippen molar-refractivity contribution < 1.29 is 18.3 Å². The minimum Gasteiger partial charge on any atom is -0.493 e. The number of hydrogen-bond acceptors (Lipinski definition) is 4. The molecule has 0 saturated heterocycles. The van der Waals surface area contributed by atoms with Crippen LogP contribution in [0.5, 0.6) is 5.88 Å². The highest BCUT2D eigenvalue weighted by Gasteiger charge is 2.34. The quantitative estimate of drug-likeness (QED) is 0.654. The first kappa shape index (κ1) is 19.5. The molecule has 0 aliphatic carbocycles. The number of nitrogens with one attached hydrogen (secondary N) is 1. The van der Waals surface area contributed by atoms with Gasteiger partial charge in [-0.05, 0) is 46.7 Å². The van der Waals surface area contributed by atoms with Crippen LogP contribution in [-0.2, 0) is 12.6 Å². The highest BCUT2D eigenvalue weighted by molar-refractivity contribution is 7.10. The zero-order valence-electron chi connectivity index (χ0n) is 14.5. The number of fused-ring (bicyclic) bond motifs is 1. The number of H-pyrrole nitrogens is 1. The fourth-order valence-corrected chi connectivity index (χ4v) is 4.15. The standard InChI is InChI=1S/C20H12ClF3N2O2S/c21-13-3-1-11(15(9-13)20(22,23)24)8-14(17-18(27)26-19(28)29-17)10-2-4-16-12(7-10)5-6-25-16/h1-7,9,27H,8H2,(H,26,28). The number of aromatic nitrogens is 1. The topological polar surface area (TPSA) is 65.5 Å². The van der Waals surface area contributed by atoms with Crippen LogP contribution in [0.4, 0.5) is 13.2 Å². The third-order valence-corrected chi connectivity index (χ3v) is 5.66. The average Bonchev–Trinajstić information content (AvgIpc) is 3.25. The molecule has 0 unspecified atom stereocenters. The maximum Gasteiger partial charge on any atom is 0.416 e. The van der Waals surface area contributed by atoms with Gasteiger partial charge in [-0.3, -0.25) is 14.8 Å². The van der Waals surface area contributed by atoms with Crippen LogP contribution in [0.15, 0.2) is 52.4 Å². The van der Waals surface area contributed by atoms with E-state index in [9.17, 15) is 23.1 Å². The number of aromatic hydroxyl groups is 1. The van der Waals surface area contributed by atoms with E-state index in [1.54, 1.807) is 30.5 Å². The molecule has 148 valence electrons. The van der Waals surface area contributed by atoms with Crippen molar-refractivity contribution in [3.63, 3.8) is 0 Å². The van der Waals surface area contributed by atoms with Crippen LogP contribution in [0.1, 0.15) is 21.6 Å². The van der Waals surface area contributed by atoms with E-state index in [1.165, 1.54) is 12.1 Å². The van der Waals surface area contributed by atoms with E-state index >= 15 is 0 Å². The van der Waals surface area contributed by atoms with Crippen LogP contribution in [-0.4, -0.2) is 10.1 Å². The summed E-state index contributed by atoms with van der Waals surface area (Å²) >= 11 is 6.52. The summed E-state index contributed by atoms with van der Waals surface area (Å²) in [4.78, 5) is 17.9. The van der Waals surface area contributed by atoms with E-state index in [2.05, 4.69) is 9.98 Å². The van der Waals surface area contributed by atoms with E-state index < -0.39 is 16.6 Å². The number of alkyl halides is 3. The SMILES string of the molecule is O=c1[nH]c(O)c(C(Cc2ccc(Cl)cc2C(F)(F)F)=c2ccc3c(c2)C=CN=3)s1. The Morgan fingerprint density at radius 3 is 2.69 bits per heavy atom. The minimum absolute atomic E-state index is 0.0159. The van der Waals surface area contributed by atoms with Gasteiger partial charge < -0.3 is 5.11 Å². The van der Waals surface area contributed by atoms with Crippen LogP contribution >= 0.6 is 22.9 Å². The summed E-state index contributed by atoms with van der Waals surface area (Å²) in [6.45, 7) is 0. The first-order chi connectivity index (χ1) is 13.7. The summed E-state index contributed by atoms with van der Waals surface area (Å²) in [5.74, 6) is -0.377. The predicted molar refractivity (Wildman–Crippen MR) is 106 cm³/mol. The first-order valence-electron chi connectivity index (χ1n) is 8.38. The third kappa shape index (κ3) is 3.86. The number of benzene rings is 2. The van der Waals surface area contributed by atoms with Crippen molar-refractivity contribution >= 4 is 34.6 Å². The van der Waals surface area contributed by atoms with Gasteiger partial charge in [0.1, 0.15) is 0 Å². The molecule has 0 atom stereocenters. The molecule has 0 saturated carbocycles. The lowest BCUT2D eigenvalue weighted by Crippen LogP contribution is -2.16. The second-order valence-corrected chi connectivity index (χ2v) is 7.78. The zero-order chi connectivity index (χ0) is 20.8. The smallest absolute Gasteiger partial charge is 0.416 e.